The van der Waals surface area contributed by atoms with E-state index in [0.717, 1.165) is 16.2 Å². The summed E-state index contributed by atoms with van der Waals surface area (Å²) in [6.45, 7) is 4.72. The minimum atomic E-state index is -0.794. The third-order valence-electron chi connectivity index (χ3n) is 4.73. The highest BCUT2D eigenvalue weighted by Gasteiger charge is 2.22. The number of aryl methyl sites for hydroxylation is 1. The van der Waals surface area contributed by atoms with Gasteiger partial charge in [0.25, 0.3) is 0 Å². The van der Waals surface area contributed by atoms with Crippen molar-refractivity contribution >= 4 is 50.2 Å². The maximum atomic E-state index is 11.5. The first kappa shape index (κ1) is 18.1. The smallest absolute Gasteiger partial charge is 0.317 e. The maximum Gasteiger partial charge on any atom is 0.317 e. The molecule has 4 aromatic rings. The molecule has 138 valence electrons. The van der Waals surface area contributed by atoms with Gasteiger partial charge in [0.1, 0.15) is 5.25 Å². The topological polar surface area (TPSA) is 55.1 Å². The summed E-state index contributed by atoms with van der Waals surface area (Å²) in [6, 6.07) is 14.4. The van der Waals surface area contributed by atoms with Crippen molar-refractivity contribution in [3.05, 3.63) is 59.0 Å². The van der Waals surface area contributed by atoms with Crippen molar-refractivity contribution in [2.24, 2.45) is 0 Å². The third kappa shape index (κ3) is 3.35. The lowest BCUT2D eigenvalue weighted by Crippen LogP contribution is -2.16. The molecule has 0 saturated heterocycles. The Kier molecular flexibility index (Phi) is 4.93. The number of aromatic nitrogens is 2. The molecule has 2 aromatic heterocycles. The van der Waals surface area contributed by atoms with E-state index in [4.69, 9.17) is 4.98 Å². The van der Waals surface area contributed by atoms with E-state index < -0.39 is 11.2 Å². The molecule has 6 heteroatoms. The summed E-state index contributed by atoms with van der Waals surface area (Å²) in [5.74, 6) is -0.794. The predicted octanol–water partition coefficient (Wildman–Crippen LogP) is 5.56. The fourth-order valence-electron chi connectivity index (χ4n) is 3.36. The van der Waals surface area contributed by atoms with Gasteiger partial charge >= 0.3 is 5.97 Å². The van der Waals surface area contributed by atoms with Crippen LogP contribution in [0.4, 0.5) is 0 Å². The third-order valence-corrected chi connectivity index (χ3v) is 7.06. The summed E-state index contributed by atoms with van der Waals surface area (Å²) < 4.78 is 3.43. The number of imidazole rings is 1. The lowest BCUT2D eigenvalue weighted by Gasteiger charge is -2.12. The minimum absolute atomic E-state index is 0.499. The summed E-state index contributed by atoms with van der Waals surface area (Å²) >= 11 is 3.09. The molecule has 2 aromatic carbocycles. The number of hydrogen-bond acceptors (Lipinski definition) is 4. The molecule has 1 atom stereocenters. The predicted molar refractivity (Wildman–Crippen MR) is 113 cm³/mol. The standard InChI is InChI=1S/C21H20N2O2S2/c1-3-17(20(24)25)27-21-22-15-8-4-5-9-16(15)23(21)11-14-12-26-18-10-6-7-13(2)19(14)18/h4-10,12,17H,3,11H2,1-2H3,(H,24,25). The van der Waals surface area contributed by atoms with Gasteiger partial charge < -0.3 is 9.67 Å². The Morgan fingerprint density at radius 2 is 2.07 bits per heavy atom. The van der Waals surface area contributed by atoms with E-state index in [9.17, 15) is 9.90 Å². The molecule has 0 bridgehead atoms. The molecule has 4 nitrogen and oxygen atoms in total. The number of carboxylic acid groups (broad SMARTS) is 1. The quantitative estimate of drug-likeness (QED) is 0.433. The Balaban J connectivity index is 1.82. The second kappa shape index (κ2) is 7.37. The van der Waals surface area contributed by atoms with Gasteiger partial charge in [0, 0.05) is 10.1 Å². The maximum absolute atomic E-state index is 11.5. The van der Waals surface area contributed by atoms with Crippen molar-refractivity contribution in [1.82, 2.24) is 9.55 Å². The van der Waals surface area contributed by atoms with E-state index in [1.54, 1.807) is 11.3 Å². The van der Waals surface area contributed by atoms with Crippen LogP contribution >= 0.6 is 23.1 Å². The number of carbonyl (C=O) groups is 1. The van der Waals surface area contributed by atoms with E-state index in [1.807, 2.05) is 25.1 Å². The molecular formula is C21H20N2O2S2. The molecular weight excluding hydrogens is 376 g/mol. The number of benzene rings is 2. The Hall–Kier alpha value is -2.31. The molecule has 0 radical (unpaired) electrons. The second-order valence-electron chi connectivity index (χ2n) is 6.53. The van der Waals surface area contributed by atoms with Crippen molar-refractivity contribution in [2.75, 3.05) is 0 Å². The summed E-state index contributed by atoms with van der Waals surface area (Å²) in [7, 11) is 0. The van der Waals surface area contributed by atoms with Crippen molar-refractivity contribution in [3.8, 4) is 0 Å². The van der Waals surface area contributed by atoms with Gasteiger partial charge in [-0.15, -0.1) is 11.3 Å². The van der Waals surface area contributed by atoms with Crippen molar-refractivity contribution < 1.29 is 9.90 Å². The molecule has 0 fully saturated rings. The molecule has 2 heterocycles. The number of aliphatic carboxylic acids is 1. The van der Waals surface area contributed by atoms with Crippen LogP contribution in [0.25, 0.3) is 21.1 Å². The largest absolute Gasteiger partial charge is 0.480 e. The van der Waals surface area contributed by atoms with Crippen LogP contribution in [-0.2, 0) is 11.3 Å². The van der Waals surface area contributed by atoms with E-state index in [2.05, 4.69) is 41.1 Å². The number of nitrogens with zero attached hydrogens (tertiary/aromatic N) is 2. The zero-order chi connectivity index (χ0) is 19.0. The summed E-state index contributed by atoms with van der Waals surface area (Å²) in [5.41, 5.74) is 4.45. The van der Waals surface area contributed by atoms with Gasteiger partial charge in [-0.1, -0.05) is 43.0 Å². The average molecular weight is 397 g/mol. The SMILES string of the molecule is CCC(Sc1nc2ccccc2n1Cc1csc2cccc(C)c12)C(=O)O. The molecule has 0 aliphatic rings. The fourth-order valence-corrected chi connectivity index (χ4v) is 5.35. The number of carboxylic acids is 1. The zero-order valence-electron chi connectivity index (χ0n) is 15.2. The lowest BCUT2D eigenvalue weighted by molar-refractivity contribution is -0.136. The number of fused-ring (bicyclic) bond motifs is 2. The molecule has 27 heavy (non-hydrogen) atoms. The van der Waals surface area contributed by atoms with Gasteiger partial charge in [-0.05, 0) is 48.1 Å². The van der Waals surface area contributed by atoms with Gasteiger partial charge in [-0.25, -0.2) is 4.98 Å². The van der Waals surface area contributed by atoms with Gasteiger partial charge in [0.2, 0.25) is 0 Å². The van der Waals surface area contributed by atoms with E-state index in [0.29, 0.717) is 13.0 Å². The number of rotatable bonds is 6. The molecule has 1 N–H and O–H groups in total. The van der Waals surface area contributed by atoms with E-state index >= 15 is 0 Å². The fraction of sp³-hybridized carbons (Fsp3) is 0.238. The van der Waals surface area contributed by atoms with E-state index in [-0.39, 0.29) is 0 Å². The number of thiophene rings is 1. The van der Waals surface area contributed by atoms with Crippen LogP contribution in [0.3, 0.4) is 0 Å². The van der Waals surface area contributed by atoms with Crippen molar-refractivity contribution in [2.45, 2.75) is 37.2 Å². The molecule has 0 aliphatic heterocycles. The molecule has 1 unspecified atom stereocenters. The van der Waals surface area contributed by atoms with Gasteiger partial charge in [0.05, 0.1) is 17.6 Å². The van der Waals surface area contributed by atoms with Gasteiger partial charge in [-0.2, -0.15) is 0 Å². The molecule has 0 saturated carbocycles. The van der Waals surface area contributed by atoms with Crippen LogP contribution < -0.4 is 0 Å². The Bertz CT molecular complexity index is 1130. The Morgan fingerprint density at radius 3 is 2.85 bits per heavy atom. The summed E-state index contributed by atoms with van der Waals surface area (Å²) in [5, 5.41) is 13.2. The van der Waals surface area contributed by atoms with Crippen LogP contribution in [0.15, 0.2) is 53.0 Å². The van der Waals surface area contributed by atoms with E-state index in [1.165, 1.54) is 33.0 Å². The minimum Gasteiger partial charge on any atom is -0.480 e. The van der Waals surface area contributed by atoms with Crippen LogP contribution in [-0.4, -0.2) is 25.9 Å². The molecule has 0 aliphatic carbocycles. The molecule has 0 spiro atoms. The van der Waals surface area contributed by atoms with Crippen molar-refractivity contribution in [1.29, 1.82) is 0 Å². The van der Waals surface area contributed by atoms with Crippen LogP contribution in [0.1, 0.15) is 24.5 Å². The highest BCUT2D eigenvalue weighted by Crippen LogP contribution is 2.33. The zero-order valence-corrected chi connectivity index (χ0v) is 16.8. The van der Waals surface area contributed by atoms with Crippen molar-refractivity contribution in [3.63, 3.8) is 0 Å². The first-order chi connectivity index (χ1) is 13.1. The van der Waals surface area contributed by atoms with Crippen LogP contribution in [0.5, 0.6) is 0 Å². The van der Waals surface area contributed by atoms with Crippen LogP contribution in [0, 0.1) is 6.92 Å². The Labute approximate surface area is 165 Å². The molecule has 0 amide bonds. The monoisotopic (exact) mass is 396 g/mol. The number of para-hydroxylation sites is 2. The highest BCUT2D eigenvalue weighted by molar-refractivity contribution is 8.00. The Morgan fingerprint density at radius 1 is 1.26 bits per heavy atom. The van der Waals surface area contributed by atoms with Gasteiger partial charge in [0.15, 0.2) is 5.16 Å². The first-order valence-electron chi connectivity index (χ1n) is 8.89. The highest BCUT2D eigenvalue weighted by atomic mass is 32.2. The van der Waals surface area contributed by atoms with Gasteiger partial charge in [-0.3, -0.25) is 4.79 Å². The molecule has 4 rings (SSSR count). The summed E-state index contributed by atoms with van der Waals surface area (Å²) in [6.07, 6.45) is 0.559. The number of thioether (sulfide) groups is 1. The summed E-state index contributed by atoms with van der Waals surface area (Å²) in [4.78, 5) is 16.3. The average Bonchev–Trinajstić information content (AvgIpc) is 3.22. The first-order valence-corrected chi connectivity index (χ1v) is 10.6. The normalized spacial score (nSPS) is 12.7. The van der Waals surface area contributed by atoms with Crippen LogP contribution in [0.2, 0.25) is 0 Å². The lowest BCUT2D eigenvalue weighted by atomic mass is 10.1. The second-order valence-corrected chi connectivity index (χ2v) is 8.61. The number of hydrogen-bond donors (Lipinski definition) is 1.